The van der Waals surface area contributed by atoms with Gasteiger partial charge in [0, 0.05) is 31.6 Å². The molecule has 1 N–H and O–H groups in total. The lowest BCUT2D eigenvalue weighted by molar-refractivity contribution is -0.131. The van der Waals surface area contributed by atoms with Gasteiger partial charge >= 0.3 is 0 Å². The number of piperidine rings is 3. The van der Waals surface area contributed by atoms with Crippen molar-refractivity contribution in [2.24, 2.45) is 11.8 Å². The van der Waals surface area contributed by atoms with E-state index in [0.717, 1.165) is 24.9 Å². The van der Waals surface area contributed by atoms with Crippen LogP contribution in [0.15, 0.2) is 22.3 Å². The number of likely N-dealkylation sites (N-methyl/N-ethyl adjacent to an activating group) is 1. The number of rotatable bonds is 4. The average molecular weight is 468 g/mol. The molecule has 190 valence electrons. The van der Waals surface area contributed by atoms with Crippen LogP contribution in [0.4, 0.5) is 0 Å². The van der Waals surface area contributed by atoms with Gasteiger partial charge in [-0.25, -0.2) is 0 Å². The molecule has 4 nitrogen and oxygen atoms in total. The highest BCUT2D eigenvalue weighted by atomic mass is 16.2. The summed E-state index contributed by atoms with van der Waals surface area (Å²) in [6, 6.07) is 2.38. The minimum Gasteiger partial charge on any atom is -0.336 e. The molecule has 0 aromatic carbocycles. The Morgan fingerprint density at radius 1 is 0.853 bits per heavy atom. The van der Waals surface area contributed by atoms with Crippen molar-refractivity contribution in [3.05, 3.63) is 22.3 Å². The first-order chi connectivity index (χ1) is 16.4. The fourth-order valence-electron chi connectivity index (χ4n) is 8.34. The lowest BCUT2D eigenvalue weighted by Gasteiger charge is -2.44. The van der Waals surface area contributed by atoms with E-state index >= 15 is 0 Å². The van der Waals surface area contributed by atoms with Crippen LogP contribution in [0.5, 0.6) is 0 Å². The van der Waals surface area contributed by atoms with E-state index in [9.17, 15) is 4.79 Å². The first-order valence-electron chi connectivity index (χ1n) is 14.5. The third-order valence-corrected chi connectivity index (χ3v) is 9.83. The second kappa shape index (κ2) is 10.5. The Bertz CT molecular complexity index is 829. The molecule has 0 saturated carbocycles. The van der Waals surface area contributed by atoms with Crippen LogP contribution >= 0.6 is 0 Å². The predicted octanol–water partition coefficient (Wildman–Crippen LogP) is 5.84. The molecular formula is C30H49N3O. The summed E-state index contributed by atoms with van der Waals surface area (Å²) >= 11 is 0. The van der Waals surface area contributed by atoms with Gasteiger partial charge < -0.3 is 10.2 Å². The Morgan fingerprint density at radius 2 is 1.41 bits per heavy atom. The Morgan fingerprint density at radius 3 is 2.03 bits per heavy atom. The van der Waals surface area contributed by atoms with Crippen molar-refractivity contribution in [3.8, 4) is 0 Å². The Hall–Kier alpha value is -1.13. The summed E-state index contributed by atoms with van der Waals surface area (Å²) in [5, 5.41) is 4.15. The fourth-order valence-corrected chi connectivity index (χ4v) is 8.34. The van der Waals surface area contributed by atoms with Crippen molar-refractivity contribution in [2.75, 3.05) is 20.1 Å². The number of carbonyl (C=O) groups excluding carboxylic acids is 1. The number of likely N-dealkylation sites (tertiary alicyclic amines) is 2. The van der Waals surface area contributed by atoms with Gasteiger partial charge in [-0.3, -0.25) is 9.69 Å². The molecule has 3 fully saturated rings. The van der Waals surface area contributed by atoms with Gasteiger partial charge in [-0.1, -0.05) is 37.0 Å². The molecule has 2 aliphatic carbocycles. The lowest BCUT2D eigenvalue weighted by atomic mass is 9.74. The highest BCUT2D eigenvalue weighted by Crippen LogP contribution is 2.42. The molecule has 0 aromatic rings. The van der Waals surface area contributed by atoms with Crippen LogP contribution in [-0.2, 0) is 4.79 Å². The standard InChI is InChI=1S/C30H49N3O/c1-20-14-23(27-10-6-12-32(4)29(27)16-20)18-25-8-5-9-26(31-25)19-24-15-21(2)17-30-28(24)11-7-13-33(30)22(3)34/h20-21,25-26,29-31H,5-19H2,1-4H3/t20-,21-,25?,26?,29-,30-/m1/s1. The molecule has 2 unspecified atom stereocenters. The molecule has 1 amide bonds. The molecule has 0 spiro atoms. The average Bonchev–Trinajstić information content (AvgIpc) is 2.79. The highest BCUT2D eigenvalue weighted by molar-refractivity contribution is 5.74. The van der Waals surface area contributed by atoms with Crippen molar-refractivity contribution < 1.29 is 4.79 Å². The predicted molar refractivity (Wildman–Crippen MR) is 141 cm³/mol. The van der Waals surface area contributed by atoms with E-state index in [4.69, 9.17) is 0 Å². The summed E-state index contributed by atoms with van der Waals surface area (Å²) in [4.78, 5) is 17.1. The minimum absolute atomic E-state index is 0.273. The first kappa shape index (κ1) is 24.6. The monoisotopic (exact) mass is 467 g/mol. The van der Waals surface area contributed by atoms with Gasteiger partial charge in [0.05, 0.1) is 6.04 Å². The minimum atomic E-state index is 0.273. The third kappa shape index (κ3) is 5.19. The molecule has 3 saturated heterocycles. The molecule has 4 heteroatoms. The molecule has 0 aromatic heterocycles. The van der Waals surface area contributed by atoms with Crippen molar-refractivity contribution >= 4 is 5.91 Å². The maximum atomic E-state index is 12.3. The normalized spacial score (nSPS) is 37.5. The number of nitrogens with one attached hydrogen (secondary N) is 1. The van der Waals surface area contributed by atoms with Crippen molar-refractivity contribution in [2.45, 2.75) is 128 Å². The van der Waals surface area contributed by atoms with Crippen LogP contribution in [-0.4, -0.2) is 60.0 Å². The van der Waals surface area contributed by atoms with E-state index in [-0.39, 0.29) is 5.91 Å². The first-order valence-corrected chi connectivity index (χ1v) is 14.5. The molecule has 3 heterocycles. The van der Waals surface area contributed by atoms with Gasteiger partial charge in [0.1, 0.15) is 0 Å². The number of hydrogen-bond donors (Lipinski definition) is 1. The maximum absolute atomic E-state index is 12.3. The highest BCUT2D eigenvalue weighted by Gasteiger charge is 2.37. The topological polar surface area (TPSA) is 35.6 Å². The largest absolute Gasteiger partial charge is 0.336 e. The number of carbonyl (C=O) groups is 1. The van der Waals surface area contributed by atoms with Crippen molar-refractivity contribution in [3.63, 3.8) is 0 Å². The number of fused-ring (bicyclic) bond motifs is 2. The molecule has 0 bridgehead atoms. The second-order valence-electron chi connectivity index (χ2n) is 12.7. The van der Waals surface area contributed by atoms with Crippen molar-refractivity contribution in [1.82, 2.24) is 15.1 Å². The molecular weight excluding hydrogens is 418 g/mol. The lowest BCUT2D eigenvalue weighted by Crippen LogP contribution is -2.48. The molecule has 5 aliphatic rings. The Balaban J connectivity index is 1.28. The zero-order chi connectivity index (χ0) is 23.8. The van der Waals surface area contributed by atoms with Crippen LogP contribution < -0.4 is 5.32 Å². The van der Waals surface area contributed by atoms with Crippen LogP contribution in [0.1, 0.15) is 104 Å². The molecule has 0 radical (unpaired) electrons. The zero-order valence-corrected chi connectivity index (χ0v) is 22.4. The Kier molecular flexibility index (Phi) is 7.56. The second-order valence-corrected chi connectivity index (χ2v) is 12.7. The summed E-state index contributed by atoms with van der Waals surface area (Å²) in [6.45, 7) is 8.87. The van der Waals surface area contributed by atoms with Crippen LogP contribution in [0.25, 0.3) is 0 Å². The summed E-state index contributed by atoms with van der Waals surface area (Å²) < 4.78 is 0. The number of hydrogen-bond acceptors (Lipinski definition) is 3. The number of amides is 1. The maximum Gasteiger partial charge on any atom is 0.219 e. The van der Waals surface area contributed by atoms with Crippen LogP contribution in [0.3, 0.4) is 0 Å². The third-order valence-electron chi connectivity index (χ3n) is 9.83. The smallest absolute Gasteiger partial charge is 0.219 e. The SMILES string of the molecule is CC(=O)N1CCCC2=C(CC3CCCC(CC4=C5CCCN(C)[C@@H]5C[C@H](C)C4)N3)C[C@@H](C)C[C@H]21. The van der Waals surface area contributed by atoms with E-state index < -0.39 is 0 Å². The van der Waals surface area contributed by atoms with Crippen LogP contribution in [0, 0.1) is 11.8 Å². The van der Waals surface area contributed by atoms with Gasteiger partial charge in [-0.2, -0.15) is 0 Å². The zero-order valence-electron chi connectivity index (χ0n) is 22.4. The molecule has 34 heavy (non-hydrogen) atoms. The number of nitrogens with zero attached hydrogens (tertiary/aromatic N) is 2. The summed E-state index contributed by atoms with van der Waals surface area (Å²) in [5.74, 6) is 1.79. The van der Waals surface area contributed by atoms with E-state index in [2.05, 4.69) is 36.0 Å². The molecule has 5 rings (SSSR count). The van der Waals surface area contributed by atoms with E-state index in [1.54, 1.807) is 18.1 Å². The van der Waals surface area contributed by atoms with Gasteiger partial charge in [0.15, 0.2) is 0 Å². The van der Waals surface area contributed by atoms with Gasteiger partial charge in [-0.15, -0.1) is 0 Å². The van der Waals surface area contributed by atoms with Gasteiger partial charge in [0.2, 0.25) is 5.91 Å². The fraction of sp³-hybridized carbons (Fsp3) is 0.833. The van der Waals surface area contributed by atoms with Crippen LogP contribution in [0.2, 0.25) is 0 Å². The molecule has 6 atom stereocenters. The summed E-state index contributed by atoms with van der Waals surface area (Å²) in [7, 11) is 2.35. The van der Waals surface area contributed by atoms with Gasteiger partial charge in [-0.05, 0) is 108 Å². The quantitative estimate of drug-likeness (QED) is 0.528. The van der Waals surface area contributed by atoms with E-state index in [1.165, 1.54) is 83.6 Å². The summed E-state index contributed by atoms with van der Waals surface area (Å²) in [6.07, 6.45) is 16.7. The Labute approximate surface area is 208 Å². The van der Waals surface area contributed by atoms with E-state index in [0.29, 0.717) is 24.0 Å². The van der Waals surface area contributed by atoms with Gasteiger partial charge in [0.25, 0.3) is 0 Å². The molecule has 3 aliphatic heterocycles. The van der Waals surface area contributed by atoms with Crippen molar-refractivity contribution in [1.29, 1.82) is 0 Å². The summed E-state index contributed by atoms with van der Waals surface area (Å²) in [5.41, 5.74) is 6.97. The van der Waals surface area contributed by atoms with E-state index in [1.807, 2.05) is 11.1 Å².